The van der Waals surface area contributed by atoms with E-state index in [1.54, 1.807) is 10.6 Å². The van der Waals surface area contributed by atoms with Gasteiger partial charge in [0.1, 0.15) is 12.1 Å². The van der Waals surface area contributed by atoms with E-state index in [0.717, 1.165) is 48.9 Å². The first-order chi connectivity index (χ1) is 12.0. The van der Waals surface area contributed by atoms with E-state index in [1.165, 1.54) is 0 Å². The Morgan fingerprint density at radius 3 is 2.64 bits per heavy atom. The molecule has 0 spiro atoms. The van der Waals surface area contributed by atoms with Gasteiger partial charge in [0.05, 0.1) is 10.8 Å². The molecule has 2 heterocycles. The Balaban J connectivity index is 1.38. The maximum absolute atomic E-state index is 12.3. The molecule has 2 aliphatic rings. The van der Waals surface area contributed by atoms with E-state index in [4.69, 9.17) is 11.6 Å². The van der Waals surface area contributed by atoms with Crippen LogP contribution < -0.4 is 5.32 Å². The normalized spacial score (nSPS) is 20.0. The van der Waals surface area contributed by atoms with Crippen molar-refractivity contribution in [2.75, 3.05) is 25.0 Å². The third-order valence-corrected chi connectivity index (χ3v) is 7.67. The Morgan fingerprint density at radius 2 is 1.92 bits per heavy atom. The van der Waals surface area contributed by atoms with Gasteiger partial charge in [-0.2, -0.15) is 0 Å². The lowest BCUT2D eigenvalue weighted by Crippen LogP contribution is -2.41. The Bertz CT molecular complexity index is 877. The van der Waals surface area contributed by atoms with Gasteiger partial charge in [0.25, 0.3) is 0 Å². The van der Waals surface area contributed by atoms with Crippen molar-refractivity contribution >= 4 is 38.3 Å². The second-order valence-corrected chi connectivity index (χ2v) is 9.50. The van der Waals surface area contributed by atoms with Crippen LogP contribution in [0.3, 0.4) is 0 Å². The summed E-state index contributed by atoms with van der Waals surface area (Å²) in [4.78, 5) is 8.58. The fourth-order valence-electron chi connectivity index (χ4n) is 3.36. The minimum absolute atomic E-state index is 0.112. The quantitative estimate of drug-likeness (QED) is 0.863. The van der Waals surface area contributed by atoms with E-state index in [1.807, 2.05) is 18.2 Å². The average molecular weight is 381 g/mol. The summed E-state index contributed by atoms with van der Waals surface area (Å²) in [5.41, 5.74) is 0.854. The molecule has 1 aliphatic carbocycles. The highest BCUT2D eigenvalue weighted by atomic mass is 35.5. The van der Waals surface area contributed by atoms with Crippen molar-refractivity contribution in [1.29, 1.82) is 0 Å². The molecule has 0 radical (unpaired) electrons. The number of sulfonamides is 1. The maximum atomic E-state index is 12.3. The van der Waals surface area contributed by atoms with Crippen LogP contribution in [0.5, 0.6) is 0 Å². The number of fused-ring (bicyclic) bond motifs is 1. The highest BCUT2D eigenvalue weighted by Gasteiger charge is 2.41. The first-order valence-corrected chi connectivity index (χ1v) is 10.6. The number of benzene rings is 1. The molecular formula is C17H21ClN4O2S. The van der Waals surface area contributed by atoms with Gasteiger partial charge in [0, 0.05) is 30.0 Å². The van der Waals surface area contributed by atoms with E-state index in [-0.39, 0.29) is 5.25 Å². The van der Waals surface area contributed by atoms with Crippen LogP contribution in [0.15, 0.2) is 24.5 Å². The molecule has 1 aliphatic heterocycles. The zero-order chi connectivity index (χ0) is 17.4. The molecule has 8 heteroatoms. The van der Waals surface area contributed by atoms with E-state index in [2.05, 4.69) is 15.3 Å². The summed E-state index contributed by atoms with van der Waals surface area (Å²) in [6.07, 6.45) is 4.95. The van der Waals surface area contributed by atoms with E-state index < -0.39 is 10.0 Å². The number of hydrogen-bond acceptors (Lipinski definition) is 5. The molecule has 134 valence electrons. The zero-order valence-electron chi connectivity index (χ0n) is 13.9. The smallest absolute Gasteiger partial charge is 0.216 e. The fourth-order valence-corrected chi connectivity index (χ4v) is 5.40. The summed E-state index contributed by atoms with van der Waals surface area (Å²) in [6, 6.07) is 5.56. The summed E-state index contributed by atoms with van der Waals surface area (Å²) in [7, 11) is -3.04. The first-order valence-electron chi connectivity index (χ1n) is 8.67. The van der Waals surface area contributed by atoms with Crippen LogP contribution in [0.2, 0.25) is 5.02 Å². The van der Waals surface area contributed by atoms with Crippen molar-refractivity contribution in [2.24, 2.45) is 5.92 Å². The van der Waals surface area contributed by atoms with Gasteiger partial charge in [-0.15, -0.1) is 0 Å². The zero-order valence-corrected chi connectivity index (χ0v) is 15.4. The molecule has 4 rings (SSSR count). The molecule has 6 nitrogen and oxygen atoms in total. The third-order valence-electron chi connectivity index (χ3n) is 5.03. The van der Waals surface area contributed by atoms with Gasteiger partial charge in [0.15, 0.2) is 0 Å². The number of nitrogens with zero attached hydrogens (tertiary/aromatic N) is 3. The third kappa shape index (κ3) is 3.59. The van der Waals surface area contributed by atoms with Crippen LogP contribution in [0.4, 0.5) is 5.82 Å². The topological polar surface area (TPSA) is 75.2 Å². The largest absolute Gasteiger partial charge is 0.369 e. The van der Waals surface area contributed by atoms with Crippen LogP contribution >= 0.6 is 11.6 Å². The molecule has 25 heavy (non-hydrogen) atoms. The molecule has 1 saturated carbocycles. The molecule has 0 bridgehead atoms. The predicted molar refractivity (Wildman–Crippen MR) is 99.3 cm³/mol. The molecule has 1 saturated heterocycles. The molecule has 2 aromatic rings. The predicted octanol–water partition coefficient (Wildman–Crippen LogP) is 2.90. The SMILES string of the molecule is O=S(=O)(C1CC1)N1CCC(CNc2ncnc3ccc(Cl)cc23)CC1. The number of rotatable bonds is 5. The van der Waals surface area contributed by atoms with Crippen molar-refractivity contribution in [1.82, 2.24) is 14.3 Å². The molecule has 1 aromatic heterocycles. The van der Waals surface area contributed by atoms with Gasteiger partial charge in [-0.1, -0.05) is 11.6 Å². The lowest BCUT2D eigenvalue weighted by atomic mass is 9.98. The average Bonchev–Trinajstić information content (AvgIpc) is 3.46. The standard InChI is InChI=1S/C17H21ClN4O2S/c18-13-1-4-16-15(9-13)17(21-11-20-16)19-10-12-5-7-22(8-6-12)25(23,24)14-2-3-14/h1,4,9,11-12,14H,2-3,5-8,10H2,(H,19,20,21). The minimum atomic E-state index is -3.04. The second kappa shape index (κ2) is 6.70. The fraction of sp³-hybridized carbons (Fsp3) is 0.529. The number of aromatic nitrogens is 2. The molecule has 0 atom stereocenters. The molecule has 2 fully saturated rings. The molecule has 1 N–H and O–H groups in total. The molecule has 1 aromatic carbocycles. The summed E-state index contributed by atoms with van der Waals surface area (Å²) in [6.45, 7) is 2.03. The van der Waals surface area contributed by atoms with Crippen molar-refractivity contribution in [2.45, 2.75) is 30.9 Å². The maximum Gasteiger partial charge on any atom is 0.216 e. The monoisotopic (exact) mass is 380 g/mol. The number of anilines is 1. The molecule has 0 amide bonds. The number of piperidine rings is 1. The number of hydrogen-bond donors (Lipinski definition) is 1. The highest BCUT2D eigenvalue weighted by Crippen LogP contribution is 2.33. The van der Waals surface area contributed by atoms with Crippen molar-refractivity contribution in [3.8, 4) is 0 Å². The molecular weight excluding hydrogens is 360 g/mol. The van der Waals surface area contributed by atoms with Crippen LogP contribution in [-0.2, 0) is 10.0 Å². The number of nitrogens with one attached hydrogen (secondary N) is 1. The molecule has 0 unspecified atom stereocenters. The Kier molecular flexibility index (Phi) is 4.56. The minimum Gasteiger partial charge on any atom is -0.369 e. The van der Waals surface area contributed by atoms with Crippen LogP contribution in [0, 0.1) is 5.92 Å². The summed E-state index contributed by atoms with van der Waals surface area (Å²) in [5.74, 6) is 1.22. The van der Waals surface area contributed by atoms with Gasteiger partial charge in [-0.25, -0.2) is 22.7 Å². The van der Waals surface area contributed by atoms with Crippen molar-refractivity contribution in [3.63, 3.8) is 0 Å². The van der Waals surface area contributed by atoms with E-state index in [9.17, 15) is 8.42 Å². The van der Waals surface area contributed by atoms with Crippen LogP contribution in [-0.4, -0.2) is 47.6 Å². The van der Waals surface area contributed by atoms with E-state index in [0.29, 0.717) is 24.0 Å². The lowest BCUT2D eigenvalue weighted by Gasteiger charge is -2.31. The van der Waals surface area contributed by atoms with Gasteiger partial charge >= 0.3 is 0 Å². The van der Waals surface area contributed by atoms with Crippen LogP contribution in [0.25, 0.3) is 10.9 Å². The Labute approximate surface area is 152 Å². The highest BCUT2D eigenvalue weighted by molar-refractivity contribution is 7.90. The summed E-state index contributed by atoms with van der Waals surface area (Å²) >= 11 is 6.08. The summed E-state index contributed by atoms with van der Waals surface area (Å²) in [5, 5.41) is 4.85. The second-order valence-electron chi connectivity index (χ2n) is 6.85. The van der Waals surface area contributed by atoms with E-state index >= 15 is 0 Å². The van der Waals surface area contributed by atoms with Gasteiger partial charge in [-0.3, -0.25) is 0 Å². The van der Waals surface area contributed by atoms with Gasteiger partial charge < -0.3 is 5.32 Å². The Morgan fingerprint density at radius 1 is 1.16 bits per heavy atom. The van der Waals surface area contributed by atoms with Crippen molar-refractivity contribution < 1.29 is 8.42 Å². The lowest BCUT2D eigenvalue weighted by molar-refractivity contribution is 0.282. The number of halogens is 1. The van der Waals surface area contributed by atoms with Gasteiger partial charge in [0.2, 0.25) is 10.0 Å². The Hall–Kier alpha value is -1.44. The van der Waals surface area contributed by atoms with Crippen LogP contribution in [0.1, 0.15) is 25.7 Å². The van der Waals surface area contributed by atoms with Crippen molar-refractivity contribution in [3.05, 3.63) is 29.5 Å². The summed E-state index contributed by atoms with van der Waals surface area (Å²) < 4.78 is 26.3. The van der Waals surface area contributed by atoms with Gasteiger partial charge in [-0.05, 0) is 49.8 Å². The first kappa shape index (κ1) is 17.0.